The number of nitrogens with one attached hydrogen (secondary N) is 1. The van der Waals surface area contributed by atoms with Crippen LogP contribution in [0.15, 0.2) is 27.6 Å². The lowest BCUT2D eigenvalue weighted by atomic mass is 10.0. The second-order valence-corrected chi connectivity index (χ2v) is 5.19. The number of benzene rings is 1. The number of thioether (sulfide) groups is 1. The third-order valence-electron chi connectivity index (χ3n) is 2.61. The van der Waals surface area contributed by atoms with Crippen molar-refractivity contribution >= 4 is 33.4 Å². The van der Waals surface area contributed by atoms with Crippen molar-refractivity contribution in [3.05, 3.63) is 33.8 Å². The molecular weight excluding hydrogens is 286 g/mol. The molecule has 1 N–H and O–H groups in total. The Hall–Kier alpha value is -0.450. The molecule has 0 aromatic heterocycles. The van der Waals surface area contributed by atoms with Gasteiger partial charge >= 0.3 is 0 Å². The highest BCUT2D eigenvalue weighted by molar-refractivity contribution is 9.10. The summed E-state index contributed by atoms with van der Waals surface area (Å²) < 4.78 is 1.16. The first-order valence-electron chi connectivity index (χ1n) is 5.21. The molecule has 2 rings (SSSR count). The number of hydroxylamine groups is 1. The van der Waals surface area contributed by atoms with Gasteiger partial charge in [-0.3, -0.25) is 10.3 Å². The molecule has 0 saturated heterocycles. The normalized spacial score (nSPS) is 14.8. The molecule has 0 bridgehead atoms. The Morgan fingerprint density at radius 3 is 2.88 bits per heavy atom. The van der Waals surface area contributed by atoms with Crippen LogP contribution >= 0.6 is 27.7 Å². The van der Waals surface area contributed by atoms with Crippen molar-refractivity contribution in [3.8, 4) is 0 Å². The van der Waals surface area contributed by atoms with Crippen molar-refractivity contribution in [1.82, 2.24) is 5.48 Å². The van der Waals surface area contributed by atoms with Gasteiger partial charge in [0.15, 0.2) is 0 Å². The highest BCUT2D eigenvalue weighted by Crippen LogP contribution is 2.34. The average Bonchev–Trinajstić information content (AvgIpc) is 2.81. The Bertz CT molecular complexity index is 431. The maximum atomic E-state index is 5.18. The zero-order valence-electron chi connectivity index (χ0n) is 9.34. The molecule has 0 radical (unpaired) electrons. The summed E-state index contributed by atoms with van der Waals surface area (Å²) in [6.45, 7) is 2.81. The van der Waals surface area contributed by atoms with Crippen molar-refractivity contribution in [2.45, 2.75) is 18.2 Å². The van der Waals surface area contributed by atoms with Gasteiger partial charge in [-0.2, -0.15) is 0 Å². The summed E-state index contributed by atoms with van der Waals surface area (Å²) in [7, 11) is 0. The molecule has 1 aliphatic rings. The third-order valence-corrected chi connectivity index (χ3v) is 4.14. The van der Waals surface area contributed by atoms with E-state index in [1.807, 2.05) is 0 Å². The van der Waals surface area contributed by atoms with Gasteiger partial charge in [0.05, 0.1) is 12.3 Å². The van der Waals surface area contributed by atoms with Gasteiger partial charge in [0, 0.05) is 14.9 Å². The maximum absolute atomic E-state index is 5.18. The molecule has 1 aromatic rings. The highest BCUT2D eigenvalue weighted by atomic mass is 79.9. The van der Waals surface area contributed by atoms with Gasteiger partial charge in [-0.1, -0.05) is 22.9 Å². The summed E-state index contributed by atoms with van der Waals surface area (Å²) in [5, 5.41) is 0. The van der Waals surface area contributed by atoms with Crippen LogP contribution < -0.4 is 5.48 Å². The first-order chi connectivity index (χ1) is 7.77. The van der Waals surface area contributed by atoms with Crippen LogP contribution in [0.3, 0.4) is 0 Å². The molecule has 1 aliphatic heterocycles. The van der Waals surface area contributed by atoms with Crippen molar-refractivity contribution in [1.29, 1.82) is 0 Å². The predicted molar refractivity (Wildman–Crippen MR) is 72.4 cm³/mol. The largest absolute Gasteiger partial charge is 0.272 e. The number of hydrogen-bond donors (Lipinski definition) is 1. The van der Waals surface area contributed by atoms with E-state index in [-0.39, 0.29) is 0 Å². The van der Waals surface area contributed by atoms with Gasteiger partial charge in [0.1, 0.15) is 0 Å². The van der Waals surface area contributed by atoms with Crippen LogP contribution in [0.1, 0.15) is 18.1 Å². The molecule has 0 unspecified atom stereocenters. The van der Waals surface area contributed by atoms with Crippen LogP contribution in [-0.2, 0) is 11.3 Å². The van der Waals surface area contributed by atoms with Crippen molar-refractivity contribution in [2.24, 2.45) is 0 Å². The van der Waals surface area contributed by atoms with Gasteiger partial charge in [0.25, 0.3) is 0 Å². The Labute approximate surface area is 109 Å². The summed E-state index contributed by atoms with van der Waals surface area (Å²) in [5.74, 6) is 0. The van der Waals surface area contributed by atoms with E-state index in [9.17, 15) is 0 Å². The summed E-state index contributed by atoms with van der Waals surface area (Å²) in [4.78, 5) is 6.46. The van der Waals surface area contributed by atoms with E-state index in [1.165, 1.54) is 16.0 Å². The Balaban J connectivity index is 2.58. The third kappa shape index (κ3) is 2.14. The highest BCUT2D eigenvalue weighted by Gasteiger charge is 2.16. The van der Waals surface area contributed by atoms with Crippen LogP contribution in [0.2, 0.25) is 0 Å². The lowest BCUT2D eigenvalue weighted by molar-refractivity contribution is 0.121. The Kier molecular flexibility index (Phi) is 3.95. The first-order valence-corrected chi connectivity index (χ1v) is 7.23. The lowest BCUT2D eigenvalue weighted by Gasteiger charge is -2.15. The molecule has 1 heterocycles. The minimum absolute atomic E-state index is 0.638. The molecule has 0 amide bonds. The van der Waals surface area contributed by atoms with Crippen molar-refractivity contribution in [3.63, 3.8) is 0 Å². The van der Waals surface area contributed by atoms with Gasteiger partial charge in [-0.05, 0) is 36.4 Å². The fourth-order valence-electron chi connectivity index (χ4n) is 1.85. The molecule has 0 aliphatic carbocycles. The lowest BCUT2D eigenvalue weighted by Crippen LogP contribution is -2.08. The van der Waals surface area contributed by atoms with Crippen LogP contribution in [0, 0.1) is 0 Å². The first kappa shape index (κ1) is 12.0. The predicted octanol–water partition coefficient (Wildman–Crippen LogP) is 3.61. The van der Waals surface area contributed by atoms with Gasteiger partial charge in [-0.25, -0.2) is 0 Å². The molecule has 2 nitrogen and oxygen atoms in total. The second kappa shape index (κ2) is 5.25. The smallest absolute Gasteiger partial charge is 0.0951 e. The zero-order chi connectivity index (χ0) is 11.5. The summed E-state index contributed by atoms with van der Waals surface area (Å²) in [6, 6.07) is 4.26. The summed E-state index contributed by atoms with van der Waals surface area (Å²) >= 11 is 5.38. The van der Waals surface area contributed by atoms with Gasteiger partial charge in [0.2, 0.25) is 0 Å². The van der Waals surface area contributed by atoms with E-state index in [4.69, 9.17) is 4.84 Å². The average molecular weight is 300 g/mol. The number of rotatable bonds is 3. The molecule has 0 saturated carbocycles. The van der Waals surface area contributed by atoms with Crippen molar-refractivity contribution in [2.75, 3.05) is 12.9 Å². The van der Waals surface area contributed by atoms with E-state index in [2.05, 4.69) is 52.8 Å². The monoisotopic (exact) mass is 299 g/mol. The molecular formula is C12H14BrNOS. The number of halogens is 1. The number of hydrogen-bond acceptors (Lipinski definition) is 3. The van der Waals surface area contributed by atoms with E-state index < -0.39 is 0 Å². The summed E-state index contributed by atoms with van der Waals surface area (Å²) in [6.07, 6.45) is 5.19. The summed E-state index contributed by atoms with van der Waals surface area (Å²) in [5.41, 5.74) is 6.66. The molecule has 1 aromatic carbocycles. The second-order valence-electron chi connectivity index (χ2n) is 3.49. The van der Waals surface area contributed by atoms with E-state index in [1.54, 1.807) is 11.8 Å². The minimum Gasteiger partial charge on any atom is -0.272 e. The molecule has 0 spiro atoms. The fourth-order valence-corrected chi connectivity index (χ4v) is 3.10. The molecule has 86 valence electrons. The van der Waals surface area contributed by atoms with E-state index in [0.717, 1.165) is 16.6 Å². The standard InChI is InChI=1S/C12H14BrNOS/c1-3-8-9(13)4-5-11(16-2)12(8)10-6-7-15-14-10/h4-6,14H,3,7H2,1-2H3. The quantitative estimate of drug-likeness (QED) is 0.862. The van der Waals surface area contributed by atoms with Crippen molar-refractivity contribution < 1.29 is 4.84 Å². The van der Waals surface area contributed by atoms with Gasteiger partial charge < -0.3 is 0 Å². The van der Waals surface area contributed by atoms with Crippen LogP contribution in [0.5, 0.6) is 0 Å². The minimum atomic E-state index is 0.638. The molecule has 16 heavy (non-hydrogen) atoms. The fraction of sp³-hybridized carbons (Fsp3) is 0.333. The van der Waals surface area contributed by atoms with E-state index in [0.29, 0.717) is 6.61 Å². The molecule has 4 heteroatoms. The van der Waals surface area contributed by atoms with Crippen LogP contribution in [0.25, 0.3) is 5.70 Å². The Morgan fingerprint density at radius 1 is 1.50 bits per heavy atom. The molecule has 0 atom stereocenters. The molecule has 0 fully saturated rings. The van der Waals surface area contributed by atoms with E-state index >= 15 is 0 Å². The van der Waals surface area contributed by atoms with Crippen LogP contribution in [0.4, 0.5) is 0 Å². The SMILES string of the molecule is CCc1c(Br)ccc(SC)c1C1=CCON1. The Morgan fingerprint density at radius 2 is 2.31 bits per heavy atom. The van der Waals surface area contributed by atoms with Crippen LogP contribution in [-0.4, -0.2) is 12.9 Å². The van der Waals surface area contributed by atoms with Gasteiger partial charge in [-0.15, -0.1) is 11.8 Å². The topological polar surface area (TPSA) is 21.3 Å². The zero-order valence-corrected chi connectivity index (χ0v) is 11.7. The maximum Gasteiger partial charge on any atom is 0.0951 e.